The number of aliphatic imine (C=N–C) groups is 1. The number of ether oxygens (including phenoxy) is 1. The molecule has 3 aliphatic rings. The van der Waals surface area contributed by atoms with Crippen molar-refractivity contribution in [3.05, 3.63) is 35.9 Å². The summed E-state index contributed by atoms with van der Waals surface area (Å²) in [7, 11) is -1.23. The summed E-state index contributed by atoms with van der Waals surface area (Å²) in [6.45, 7) is 3.83. The van der Waals surface area contributed by atoms with Crippen molar-refractivity contribution < 1.29 is 17.9 Å². The van der Waals surface area contributed by atoms with E-state index < -0.39 is 16.1 Å². The molecule has 3 fully saturated rings. The van der Waals surface area contributed by atoms with Gasteiger partial charge in [0.25, 0.3) is 0 Å². The smallest absolute Gasteiger partial charge is 0.328 e. The SMILES string of the molecule is CN1CCN(C(C(=O)OCCN=C2NS(=O)(=O)[C@H]3CCCCC23)c2ccccc2)CC1. The fourth-order valence-electron chi connectivity index (χ4n) is 4.83. The second-order valence-corrected chi connectivity index (χ2v) is 10.6. The van der Waals surface area contributed by atoms with Crippen LogP contribution in [0, 0.1) is 5.92 Å². The van der Waals surface area contributed by atoms with Gasteiger partial charge in [0.1, 0.15) is 18.5 Å². The second kappa shape index (κ2) is 9.67. The summed E-state index contributed by atoms with van der Waals surface area (Å²) in [5, 5.41) is -0.359. The Morgan fingerprint density at radius 1 is 1.16 bits per heavy atom. The van der Waals surface area contributed by atoms with Crippen LogP contribution in [0.15, 0.2) is 35.3 Å². The van der Waals surface area contributed by atoms with Crippen LogP contribution >= 0.6 is 0 Å². The molecule has 2 heterocycles. The maximum atomic E-state index is 13.0. The first-order chi connectivity index (χ1) is 15.0. The molecule has 0 amide bonds. The minimum Gasteiger partial charge on any atom is -0.462 e. The van der Waals surface area contributed by atoms with Crippen molar-refractivity contribution in [1.82, 2.24) is 14.5 Å². The molecule has 9 heteroatoms. The predicted molar refractivity (Wildman–Crippen MR) is 119 cm³/mol. The van der Waals surface area contributed by atoms with Crippen LogP contribution in [0.1, 0.15) is 37.3 Å². The lowest BCUT2D eigenvalue weighted by Crippen LogP contribution is -2.48. The highest BCUT2D eigenvalue weighted by molar-refractivity contribution is 7.91. The van der Waals surface area contributed by atoms with E-state index in [0.29, 0.717) is 12.3 Å². The van der Waals surface area contributed by atoms with Crippen LogP contribution in [0.5, 0.6) is 0 Å². The molecule has 3 atom stereocenters. The third-order valence-electron chi connectivity index (χ3n) is 6.56. The molecule has 0 aromatic heterocycles. The van der Waals surface area contributed by atoms with Gasteiger partial charge in [-0.1, -0.05) is 43.2 Å². The lowest BCUT2D eigenvalue weighted by molar-refractivity contribution is -0.150. The molecule has 0 spiro atoms. The molecule has 1 aromatic rings. The highest BCUT2D eigenvalue weighted by Crippen LogP contribution is 2.34. The van der Waals surface area contributed by atoms with Crippen molar-refractivity contribution in [2.24, 2.45) is 10.9 Å². The number of nitrogens with one attached hydrogen (secondary N) is 1. The van der Waals surface area contributed by atoms with Gasteiger partial charge in [-0.3, -0.25) is 14.6 Å². The molecular weight excluding hydrogens is 416 g/mol. The summed E-state index contributed by atoms with van der Waals surface area (Å²) in [6, 6.07) is 9.29. The molecule has 4 rings (SSSR count). The number of carbonyl (C=O) groups excluding carboxylic acids is 1. The van der Waals surface area contributed by atoms with Gasteiger partial charge in [0, 0.05) is 32.1 Å². The Bertz CT molecular complexity index is 897. The summed E-state index contributed by atoms with van der Waals surface area (Å²) >= 11 is 0. The maximum Gasteiger partial charge on any atom is 0.328 e. The Hall–Kier alpha value is -1.97. The van der Waals surface area contributed by atoms with Gasteiger partial charge < -0.3 is 9.64 Å². The lowest BCUT2D eigenvalue weighted by Gasteiger charge is -2.36. The average Bonchev–Trinajstić information content (AvgIpc) is 3.04. The molecule has 2 aliphatic heterocycles. The van der Waals surface area contributed by atoms with E-state index in [-0.39, 0.29) is 30.3 Å². The van der Waals surface area contributed by atoms with E-state index in [1.54, 1.807) is 0 Å². The van der Waals surface area contributed by atoms with Crippen LogP contribution in [0.2, 0.25) is 0 Å². The number of rotatable bonds is 6. The Balaban J connectivity index is 1.37. The zero-order valence-corrected chi connectivity index (χ0v) is 18.9. The first-order valence-electron chi connectivity index (χ1n) is 11.2. The van der Waals surface area contributed by atoms with Gasteiger partial charge in [-0.25, -0.2) is 13.2 Å². The molecule has 2 unspecified atom stereocenters. The van der Waals surface area contributed by atoms with Crippen molar-refractivity contribution in [3.63, 3.8) is 0 Å². The minimum absolute atomic E-state index is 0.0446. The normalized spacial score (nSPS) is 28.6. The van der Waals surface area contributed by atoms with Gasteiger partial charge in [-0.15, -0.1) is 0 Å². The monoisotopic (exact) mass is 448 g/mol. The molecule has 1 aromatic carbocycles. The van der Waals surface area contributed by atoms with E-state index in [0.717, 1.165) is 51.0 Å². The van der Waals surface area contributed by atoms with Crippen molar-refractivity contribution in [1.29, 1.82) is 0 Å². The van der Waals surface area contributed by atoms with E-state index in [4.69, 9.17) is 4.74 Å². The number of benzene rings is 1. The topological polar surface area (TPSA) is 91.3 Å². The molecule has 1 saturated carbocycles. The first kappa shape index (κ1) is 22.2. The summed E-state index contributed by atoms with van der Waals surface area (Å²) in [5.41, 5.74) is 0.928. The van der Waals surface area contributed by atoms with E-state index >= 15 is 0 Å². The number of nitrogens with zero attached hydrogens (tertiary/aromatic N) is 3. The van der Waals surface area contributed by atoms with Gasteiger partial charge in [0.15, 0.2) is 0 Å². The van der Waals surface area contributed by atoms with E-state index in [1.807, 2.05) is 30.3 Å². The quantitative estimate of drug-likeness (QED) is 0.523. The van der Waals surface area contributed by atoms with E-state index in [9.17, 15) is 13.2 Å². The molecule has 31 heavy (non-hydrogen) atoms. The summed E-state index contributed by atoms with van der Waals surface area (Å²) in [5.74, 6) is 0.217. The van der Waals surface area contributed by atoms with E-state index in [2.05, 4.69) is 26.6 Å². The van der Waals surface area contributed by atoms with Crippen LogP contribution in [0.25, 0.3) is 0 Å². The molecule has 2 saturated heterocycles. The number of hydrogen-bond donors (Lipinski definition) is 1. The van der Waals surface area contributed by atoms with Crippen LogP contribution in [0.3, 0.4) is 0 Å². The Kier molecular flexibility index (Phi) is 6.93. The lowest BCUT2D eigenvalue weighted by atomic mass is 9.88. The first-order valence-corrected chi connectivity index (χ1v) is 12.7. The minimum atomic E-state index is -3.32. The van der Waals surface area contributed by atoms with Gasteiger partial charge in [0.05, 0.1) is 11.8 Å². The molecular formula is C22H32N4O4S. The van der Waals surface area contributed by atoms with Gasteiger partial charge in [-0.2, -0.15) is 0 Å². The summed E-state index contributed by atoms with van der Waals surface area (Å²) < 4.78 is 32.9. The number of piperazine rings is 1. The molecule has 1 N–H and O–H groups in total. The average molecular weight is 449 g/mol. The zero-order valence-electron chi connectivity index (χ0n) is 18.1. The fourth-order valence-corrected chi connectivity index (χ4v) is 6.66. The van der Waals surface area contributed by atoms with Crippen LogP contribution < -0.4 is 4.72 Å². The molecule has 8 nitrogen and oxygen atoms in total. The van der Waals surface area contributed by atoms with Gasteiger partial charge in [-0.05, 0) is 25.5 Å². The molecule has 0 radical (unpaired) electrons. The number of likely N-dealkylation sites (N-methyl/N-ethyl adjacent to an activating group) is 1. The predicted octanol–water partition coefficient (Wildman–Crippen LogP) is 1.41. The number of sulfonamides is 1. The summed E-state index contributed by atoms with van der Waals surface area (Å²) in [4.78, 5) is 21.9. The molecule has 0 bridgehead atoms. The van der Waals surface area contributed by atoms with Gasteiger partial charge in [0.2, 0.25) is 10.0 Å². The molecule has 170 valence electrons. The highest BCUT2D eigenvalue weighted by atomic mass is 32.2. The number of amidine groups is 1. The highest BCUT2D eigenvalue weighted by Gasteiger charge is 2.45. The van der Waals surface area contributed by atoms with Crippen LogP contribution in [-0.2, 0) is 19.6 Å². The number of hydrogen-bond acceptors (Lipinski definition) is 7. The van der Waals surface area contributed by atoms with Crippen LogP contribution in [-0.4, -0.2) is 81.7 Å². The Morgan fingerprint density at radius 2 is 1.87 bits per heavy atom. The second-order valence-electron chi connectivity index (χ2n) is 8.66. The van der Waals surface area contributed by atoms with Crippen molar-refractivity contribution in [2.45, 2.75) is 37.0 Å². The third kappa shape index (κ3) is 5.10. The van der Waals surface area contributed by atoms with Crippen molar-refractivity contribution in [3.8, 4) is 0 Å². The number of carbonyl (C=O) groups is 1. The van der Waals surface area contributed by atoms with Gasteiger partial charge >= 0.3 is 5.97 Å². The van der Waals surface area contributed by atoms with E-state index in [1.165, 1.54) is 0 Å². The van der Waals surface area contributed by atoms with Crippen LogP contribution in [0.4, 0.5) is 0 Å². The fraction of sp³-hybridized carbons (Fsp3) is 0.636. The Morgan fingerprint density at radius 3 is 2.61 bits per heavy atom. The standard InChI is InChI=1S/C22H32N4O4S/c1-25-12-14-26(15-13-25)20(17-7-3-2-4-8-17)22(27)30-16-11-23-21-18-9-5-6-10-19(18)31(28,29)24-21/h2-4,7-8,18-20H,5-6,9-16H2,1H3,(H,23,24)/t18?,19-,20?/m0/s1. The largest absolute Gasteiger partial charge is 0.462 e. The third-order valence-corrected chi connectivity index (χ3v) is 8.41. The summed E-state index contributed by atoms with van der Waals surface area (Å²) in [6.07, 6.45) is 3.50. The Labute approximate surface area is 184 Å². The molecule has 1 aliphatic carbocycles. The number of esters is 1. The zero-order chi connectivity index (χ0) is 21.8. The van der Waals surface area contributed by atoms with Crippen molar-refractivity contribution >= 4 is 21.8 Å². The van der Waals surface area contributed by atoms with Crippen molar-refractivity contribution in [2.75, 3.05) is 46.4 Å². The maximum absolute atomic E-state index is 13.0. The number of fused-ring (bicyclic) bond motifs is 1.